The lowest BCUT2D eigenvalue weighted by atomic mass is 10.0. The molecule has 0 atom stereocenters. The van der Waals surface area contributed by atoms with E-state index >= 15 is 0 Å². The summed E-state index contributed by atoms with van der Waals surface area (Å²) in [6, 6.07) is 16.3. The number of hydrogen-bond acceptors (Lipinski definition) is 2. The van der Waals surface area contributed by atoms with Gasteiger partial charge in [-0.15, -0.1) is 0 Å². The molecule has 0 bridgehead atoms. The smallest absolute Gasteiger partial charge is 0.303 e. The molecule has 0 saturated carbocycles. The van der Waals surface area contributed by atoms with Crippen LogP contribution in [0.2, 0.25) is 0 Å². The number of hydrogen-bond donors (Lipinski definition) is 2. The Morgan fingerprint density at radius 1 is 1.00 bits per heavy atom. The maximum Gasteiger partial charge on any atom is 0.303 e. The van der Waals surface area contributed by atoms with E-state index < -0.39 is 5.97 Å². The molecule has 0 aliphatic rings. The molecule has 0 fully saturated rings. The lowest BCUT2D eigenvalue weighted by Gasteiger charge is -2.13. The van der Waals surface area contributed by atoms with Crippen molar-refractivity contribution in [3.05, 3.63) is 59.7 Å². The molecule has 2 aromatic carbocycles. The summed E-state index contributed by atoms with van der Waals surface area (Å²) >= 11 is 0. The molecule has 28 heavy (non-hydrogen) atoms. The monoisotopic (exact) mass is 380 g/mol. The molecule has 2 N–H and O–H groups in total. The predicted molar refractivity (Wildman–Crippen MR) is 118 cm³/mol. The van der Waals surface area contributed by atoms with Crippen LogP contribution in [0.5, 0.6) is 0 Å². The lowest BCUT2D eigenvalue weighted by Crippen LogP contribution is -2.21. The molecule has 0 unspecified atom stereocenters. The van der Waals surface area contributed by atoms with Gasteiger partial charge in [-0.3, -0.25) is 4.79 Å². The van der Waals surface area contributed by atoms with Gasteiger partial charge in [0.1, 0.15) is 0 Å². The third-order valence-electron chi connectivity index (χ3n) is 5.05. The molecule has 1 aromatic heterocycles. The van der Waals surface area contributed by atoms with Gasteiger partial charge < -0.3 is 15.0 Å². The summed E-state index contributed by atoms with van der Waals surface area (Å²) in [5.41, 5.74) is 5.43. The number of H-pyrrole nitrogens is 1. The molecule has 0 radical (unpaired) electrons. The quantitative estimate of drug-likeness (QED) is 0.568. The Morgan fingerprint density at radius 3 is 2.18 bits per heavy atom. The largest absolute Gasteiger partial charge is 0.481 e. The van der Waals surface area contributed by atoms with Gasteiger partial charge in [0.2, 0.25) is 0 Å². The molecular weight excluding hydrogens is 348 g/mol. The summed E-state index contributed by atoms with van der Waals surface area (Å²) in [4.78, 5) is 16.7. The van der Waals surface area contributed by atoms with Crippen LogP contribution in [0.3, 0.4) is 0 Å². The molecule has 0 saturated heterocycles. The fraction of sp³-hybridized carbons (Fsp3) is 0.375. The molecular formula is C24H32N2O2. The highest BCUT2D eigenvalue weighted by molar-refractivity contribution is 5.91. The standard InChI is InChI=1S/C18H17NO2.C6H15N/c1-12-7-9-16-15(11-12)14(8-10-17(20)21)18(19-16)13-5-3-2-4-6-13;1-4-7(5-2)6-3/h2-7,9,11,19H,8,10H2,1H3,(H,20,21);4-6H2,1-3H3. The zero-order chi connectivity index (χ0) is 20.5. The summed E-state index contributed by atoms with van der Waals surface area (Å²) in [7, 11) is 0. The molecule has 0 aliphatic carbocycles. The minimum atomic E-state index is -0.768. The third-order valence-corrected chi connectivity index (χ3v) is 5.05. The number of nitrogens with one attached hydrogen (secondary N) is 1. The van der Waals surface area contributed by atoms with Crippen LogP contribution in [0.4, 0.5) is 0 Å². The summed E-state index contributed by atoms with van der Waals surface area (Å²) in [6.45, 7) is 12.2. The van der Waals surface area contributed by atoms with Crippen LogP contribution in [-0.2, 0) is 11.2 Å². The summed E-state index contributed by atoms with van der Waals surface area (Å²) in [6.07, 6.45) is 0.670. The van der Waals surface area contributed by atoms with Gasteiger partial charge in [-0.2, -0.15) is 0 Å². The number of aromatic nitrogens is 1. The van der Waals surface area contributed by atoms with E-state index in [1.807, 2.05) is 30.3 Å². The van der Waals surface area contributed by atoms with Gasteiger partial charge in [0, 0.05) is 23.0 Å². The Morgan fingerprint density at radius 2 is 1.64 bits per heavy atom. The molecule has 1 heterocycles. The highest BCUT2D eigenvalue weighted by Crippen LogP contribution is 2.31. The van der Waals surface area contributed by atoms with Crippen molar-refractivity contribution >= 4 is 16.9 Å². The summed E-state index contributed by atoms with van der Waals surface area (Å²) < 4.78 is 0. The number of nitrogens with zero attached hydrogens (tertiary/aromatic N) is 1. The number of carboxylic acid groups (broad SMARTS) is 1. The minimum Gasteiger partial charge on any atom is -0.481 e. The van der Waals surface area contributed by atoms with E-state index in [1.54, 1.807) is 0 Å². The summed E-state index contributed by atoms with van der Waals surface area (Å²) in [5.74, 6) is -0.768. The zero-order valence-corrected chi connectivity index (χ0v) is 17.5. The Balaban J connectivity index is 0.000000345. The number of fused-ring (bicyclic) bond motifs is 1. The van der Waals surface area contributed by atoms with Crippen LogP contribution in [0.25, 0.3) is 22.2 Å². The average Bonchev–Trinajstić information content (AvgIpc) is 3.06. The number of aryl methyl sites for hydroxylation is 2. The third kappa shape index (κ3) is 5.70. The van der Waals surface area contributed by atoms with E-state index in [4.69, 9.17) is 5.11 Å². The second-order valence-corrected chi connectivity index (χ2v) is 6.91. The first-order chi connectivity index (χ1) is 13.5. The van der Waals surface area contributed by atoms with E-state index in [0.717, 1.165) is 27.7 Å². The van der Waals surface area contributed by atoms with E-state index in [2.05, 4.69) is 55.8 Å². The minimum absolute atomic E-state index is 0.140. The molecule has 4 heteroatoms. The number of carbonyl (C=O) groups is 1. The molecule has 0 amide bonds. The predicted octanol–water partition coefficient (Wildman–Crippen LogP) is 5.51. The van der Waals surface area contributed by atoms with Crippen molar-refractivity contribution in [1.29, 1.82) is 0 Å². The van der Waals surface area contributed by atoms with E-state index in [0.29, 0.717) is 6.42 Å². The zero-order valence-electron chi connectivity index (χ0n) is 17.5. The maximum absolute atomic E-state index is 10.9. The van der Waals surface area contributed by atoms with Crippen molar-refractivity contribution in [2.45, 2.75) is 40.5 Å². The molecule has 3 aromatic rings. The number of carboxylic acids is 1. The van der Waals surface area contributed by atoms with Crippen molar-refractivity contribution in [1.82, 2.24) is 9.88 Å². The van der Waals surface area contributed by atoms with Gasteiger partial charge >= 0.3 is 5.97 Å². The van der Waals surface area contributed by atoms with Gasteiger partial charge in [-0.05, 0) is 56.2 Å². The van der Waals surface area contributed by atoms with Gasteiger partial charge in [-0.25, -0.2) is 0 Å². The Labute approximate surface area is 168 Å². The SMILES string of the molecule is CCN(CC)CC.Cc1ccc2[nH]c(-c3ccccc3)c(CCC(=O)O)c2c1. The van der Waals surface area contributed by atoms with Crippen LogP contribution in [-0.4, -0.2) is 40.6 Å². The van der Waals surface area contributed by atoms with Crippen LogP contribution < -0.4 is 0 Å². The second-order valence-electron chi connectivity index (χ2n) is 6.91. The van der Waals surface area contributed by atoms with Crippen molar-refractivity contribution in [2.24, 2.45) is 0 Å². The van der Waals surface area contributed by atoms with E-state index in [1.165, 1.54) is 25.2 Å². The Bertz CT molecular complexity index is 875. The Kier molecular flexibility index (Phi) is 8.27. The van der Waals surface area contributed by atoms with Crippen molar-refractivity contribution < 1.29 is 9.90 Å². The first kappa shape index (κ1) is 21.7. The lowest BCUT2D eigenvalue weighted by molar-refractivity contribution is -0.136. The van der Waals surface area contributed by atoms with Crippen LogP contribution in [0.1, 0.15) is 38.3 Å². The fourth-order valence-electron chi connectivity index (χ4n) is 3.38. The van der Waals surface area contributed by atoms with E-state index in [-0.39, 0.29) is 6.42 Å². The highest BCUT2D eigenvalue weighted by atomic mass is 16.4. The first-order valence-electron chi connectivity index (χ1n) is 10.1. The van der Waals surface area contributed by atoms with Gasteiger partial charge in [-0.1, -0.05) is 62.7 Å². The number of rotatable bonds is 7. The van der Waals surface area contributed by atoms with Crippen molar-refractivity contribution in [3.8, 4) is 11.3 Å². The van der Waals surface area contributed by atoms with Crippen molar-refractivity contribution in [3.63, 3.8) is 0 Å². The number of aliphatic carboxylic acids is 1. The molecule has 0 spiro atoms. The number of benzene rings is 2. The van der Waals surface area contributed by atoms with E-state index in [9.17, 15) is 4.79 Å². The first-order valence-corrected chi connectivity index (χ1v) is 10.1. The second kappa shape index (κ2) is 10.7. The Hall–Kier alpha value is -2.59. The fourth-order valence-corrected chi connectivity index (χ4v) is 3.38. The normalized spacial score (nSPS) is 10.8. The van der Waals surface area contributed by atoms with Gasteiger partial charge in [0.05, 0.1) is 0 Å². The molecule has 0 aliphatic heterocycles. The number of aromatic amines is 1. The van der Waals surface area contributed by atoms with Crippen LogP contribution >= 0.6 is 0 Å². The average molecular weight is 381 g/mol. The summed E-state index contributed by atoms with van der Waals surface area (Å²) in [5, 5.41) is 10.1. The maximum atomic E-state index is 10.9. The van der Waals surface area contributed by atoms with Crippen LogP contribution in [0, 0.1) is 6.92 Å². The molecule has 150 valence electrons. The van der Waals surface area contributed by atoms with Crippen LogP contribution in [0.15, 0.2) is 48.5 Å². The van der Waals surface area contributed by atoms with Gasteiger partial charge in [0.15, 0.2) is 0 Å². The van der Waals surface area contributed by atoms with Crippen molar-refractivity contribution in [2.75, 3.05) is 19.6 Å². The molecule has 4 nitrogen and oxygen atoms in total. The molecule has 3 rings (SSSR count). The topological polar surface area (TPSA) is 56.3 Å². The van der Waals surface area contributed by atoms with Gasteiger partial charge in [0.25, 0.3) is 0 Å². The highest BCUT2D eigenvalue weighted by Gasteiger charge is 2.14.